The monoisotopic (exact) mass is 633 g/mol. The normalized spacial score (nSPS) is 16.7. The predicted octanol–water partition coefficient (Wildman–Crippen LogP) is 7.10. The van der Waals surface area contributed by atoms with Crippen LogP contribution in [-0.4, -0.2) is 50.7 Å². The quantitative estimate of drug-likeness (QED) is 0.221. The molecule has 1 fully saturated rings. The number of hydrogen-bond acceptors (Lipinski definition) is 6. The summed E-state index contributed by atoms with van der Waals surface area (Å²) in [4.78, 5) is 23.7. The fraction of sp³-hybridized carbons (Fsp3) is 0.281. The van der Waals surface area contributed by atoms with E-state index in [1.807, 2.05) is 12.1 Å². The van der Waals surface area contributed by atoms with Gasteiger partial charge in [0.05, 0.1) is 17.7 Å². The summed E-state index contributed by atoms with van der Waals surface area (Å²) >= 11 is 1.55. The Morgan fingerprint density at radius 1 is 1.16 bits per heavy atom. The highest BCUT2D eigenvalue weighted by Crippen LogP contribution is 2.32. The molecule has 3 aromatic carbocycles. The number of aliphatic imine (C=N–C) groups is 1. The summed E-state index contributed by atoms with van der Waals surface area (Å²) in [5.41, 5.74) is 4.12. The number of carbonyl (C=O) groups excluding carboxylic acids is 1. The highest BCUT2D eigenvalue weighted by Gasteiger charge is 2.31. The molecule has 0 saturated carbocycles. The van der Waals surface area contributed by atoms with Crippen LogP contribution in [0.3, 0.4) is 0 Å². The van der Waals surface area contributed by atoms with Gasteiger partial charge in [-0.2, -0.15) is 10.3 Å². The second kappa shape index (κ2) is 13.9. The zero-order chi connectivity index (χ0) is 32.0. The molecule has 0 radical (unpaired) electrons. The minimum Gasteiger partial charge on any atom is -0.406 e. The molecule has 1 aliphatic rings. The third-order valence-electron chi connectivity index (χ3n) is 7.25. The van der Waals surface area contributed by atoms with Crippen LogP contribution in [0.4, 0.5) is 23.7 Å². The van der Waals surface area contributed by atoms with Crippen molar-refractivity contribution < 1.29 is 22.7 Å². The van der Waals surface area contributed by atoms with Crippen molar-refractivity contribution in [2.24, 2.45) is 4.99 Å². The first-order chi connectivity index (χ1) is 21.6. The molecule has 9 nitrogen and oxygen atoms in total. The van der Waals surface area contributed by atoms with Crippen molar-refractivity contribution in [1.82, 2.24) is 20.1 Å². The maximum Gasteiger partial charge on any atom is 0.573 e. The van der Waals surface area contributed by atoms with Crippen LogP contribution < -0.4 is 15.0 Å². The van der Waals surface area contributed by atoms with E-state index in [0.29, 0.717) is 27.8 Å². The Morgan fingerprint density at radius 3 is 2.58 bits per heavy atom. The lowest BCUT2D eigenvalue weighted by atomic mass is 9.99. The number of amidine groups is 1. The van der Waals surface area contributed by atoms with Gasteiger partial charge in [0.25, 0.3) is 0 Å². The lowest BCUT2D eigenvalue weighted by Crippen LogP contribution is -2.42. The number of benzene rings is 3. The summed E-state index contributed by atoms with van der Waals surface area (Å²) in [6.07, 6.45) is -1.48. The summed E-state index contributed by atoms with van der Waals surface area (Å²) < 4.78 is 42.6. The van der Waals surface area contributed by atoms with Crippen molar-refractivity contribution in [2.45, 2.75) is 45.0 Å². The molecule has 2 atom stereocenters. The molecular formula is C32H30F3N7O2S. The third-order valence-corrected chi connectivity index (χ3v) is 8.24. The minimum absolute atomic E-state index is 0.0815. The second-order valence-corrected chi connectivity index (χ2v) is 11.3. The fourth-order valence-corrected chi connectivity index (χ4v) is 6.12. The Morgan fingerprint density at radius 2 is 1.89 bits per heavy atom. The minimum atomic E-state index is -4.77. The zero-order valence-electron chi connectivity index (χ0n) is 24.5. The largest absolute Gasteiger partial charge is 0.573 e. The Kier molecular flexibility index (Phi) is 9.73. The summed E-state index contributed by atoms with van der Waals surface area (Å²) in [6.45, 7) is 4.31. The number of ether oxygens (including phenoxy) is 1. The van der Waals surface area contributed by atoms with Crippen molar-refractivity contribution in [2.75, 3.05) is 17.2 Å². The van der Waals surface area contributed by atoms with E-state index in [4.69, 9.17) is 0 Å². The number of rotatable bonds is 8. The number of anilines is 1. The van der Waals surface area contributed by atoms with Crippen LogP contribution in [0.2, 0.25) is 0 Å². The molecule has 232 valence electrons. The summed E-state index contributed by atoms with van der Waals surface area (Å²) in [5.74, 6) is 0.311. The summed E-state index contributed by atoms with van der Waals surface area (Å²) in [5, 5.41) is 17.7. The van der Waals surface area contributed by atoms with Crippen LogP contribution >= 0.6 is 11.8 Å². The van der Waals surface area contributed by atoms with E-state index in [9.17, 15) is 23.2 Å². The van der Waals surface area contributed by atoms with E-state index >= 15 is 0 Å². The van der Waals surface area contributed by atoms with Crippen molar-refractivity contribution in [3.05, 3.63) is 90.3 Å². The molecule has 0 spiro atoms. The number of urea groups is 1. The molecule has 1 aliphatic heterocycles. The van der Waals surface area contributed by atoms with Gasteiger partial charge in [0.2, 0.25) is 0 Å². The molecule has 1 N–H and O–H groups in total. The molecule has 4 aromatic rings. The lowest BCUT2D eigenvalue weighted by Gasteiger charge is -2.36. The number of halogens is 3. The molecule has 5 rings (SSSR count). The number of aryl methyl sites for hydroxylation is 1. The average molecular weight is 634 g/mol. The first-order valence-electron chi connectivity index (χ1n) is 14.3. The van der Waals surface area contributed by atoms with Crippen LogP contribution in [0.15, 0.2) is 84.1 Å². The van der Waals surface area contributed by atoms with Gasteiger partial charge < -0.3 is 15.0 Å². The Labute approximate surface area is 262 Å². The molecular weight excluding hydrogens is 603 g/mol. The van der Waals surface area contributed by atoms with Crippen LogP contribution in [0, 0.1) is 11.3 Å². The SMILES string of the molecule is CCc1ccccc1N1C(=NC(=O)NCC(C#N)c2ccc(-c3ncn(-c4ccc(OC(F)(F)F)cc4)n3)cc2)SCCC1C. The number of alkyl halides is 3. The van der Waals surface area contributed by atoms with E-state index in [1.165, 1.54) is 40.8 Å². The lowest BCUT2D eigenvalue weighted by molar-refractivity contribution is -0.274. The van der Waals surface area contributed by atoms with E-state index in [-0.39, 0.29) is 18.3 Å². The van der Waals surface area contributed by atoms with E-state index in [2.05, 4.69) is 62.1 Å². The average Bonchev–Trinajstić information content (AvgIpc) is 3.52. The van der Waals surface area contributed by atoms with Gasteiger partial charge in [-0.25, -0.2) is 14.5 Å². The van der Waals surface area contributed by atoms with Crippen LogP contribution in [-0.2, 0) is 6.42 Å². The number of nitrogens with zero attached hydrogens (tertiary/aromatic N) is 6. The van der Waals surface area contributed by atoms with Gasteiger partial charge in [0.15, 0.2) is 11.0 Å². The van der Waals surface area contributed by atoms with Crippen LogP contribution in [0.5, 0.6) is 5.75 Å². The number of nitriles is 1. The van der Waals surface area contributed by atoms with Gasteiger partial charge in [0.1, 0.15) is 12.1 Å². The van der Waals surface area contributed by atoms with Crippen LogP contribution in [0.1, 0.15) is 37.3 Å². The topological polar surface area (TPSA) is 108 Å². The molecule has 2 heterocycles. The summed E-state index contributed by atoms with van der Waals surface area (Å²) in [7, 11) is 0. The molecule has 0 bridgehead atoms. The molecule has 45 heavy (non-hydrogen) atoms. The number of hydrogen-bond donors (Lipinski definition) is 1. The Hall–Kier alpha value is -4.83. The Bertz CT molecular complexity index is 1700. The first-order valence-corrected chi connectivity index (χ1v) is 15.3. The number of para-hydroxylation sites is 1. The maximum absolute atomic E-state index is 12.9. The molecule has 1 saturated heterocycles. The Balaban J connectivity index is 1.23. The number of nitrogens with one attached hydrogen (secondary N) is 1. The fourth-order valence-electron chi connectivity index (χ4n) is 4.92. The molecule has 13 heteroatoms. The van der Waals surface area contributed by atoms with Gasteiger partial charge >= 0.3 is 12.4 Å². The van der Waals surface area contributed by atoms with Crippen molar-refractivity contribution in [3.8, 4) is 28.9 Å². The maximum atomic E-state index is 12.9. The molecule has 2 amide bonds. The zero-order valence-corrected chi connectivity index (χ0v) is 25.3. The van der Waals surface area contributed by atoms with Gasteiger partial charge in [-0.05, 0) is 61.2 Å². The smallest absolute Gasteiger partial charge is 0.406 e. The standard InChI is InChI=1S/C32H30F3N7O2S/c1-3-22-6-4-5-7-28(22)42-21(2)16-17-45-31(42)39-30(43)37-19-25(18-36)23-8-10-24(11-9-23)29-38-20-41(40-29)26-12-14-27(15-13-26)44-32(33,34)35/h4-15,20-21,25H,3,16-17,19H2,1-2H3,(H,37,43). The van der Waals surface area contributed by atoms with Gasteiger partial charge in [-0.1, -0.05) is 61.2 Å². The van der Waals surface area contributed by atoms with Gasteiger partial charge in [-0.15, -0.1) is 18.3 Å². The molecule has 2 unspecified atom stereocenters. The second-order valence-electron chi connectivity index (χ2n) is 10.3. The predicted molar refractivity (Wildman–Crippen MR) is 168 cm³/mol. The van der Waals surface area contributed by atoms with Crippen molar-refractivity contribution in [3.63, 3.8) is 0 Å². The highest BCUT2D eigenvalue weighted by atomic mass is 32.2. The van der Waals surface area contributed by atoms with E-state index in [1.54, 1.807) is 36.0 Å². The van der Waals surface area contributed by atoms with E-state index < -0.39 is 18.3 Å². The van der Waals surface area contributed by atoms with Crippen molar-refractivity contribution >= 4 is 28.6 Å². The summed E-state index contributed by atoms with van der Waals surface area (Å²) in [6, 6.07) is 22.4. The number of aromatic nitrogens is 3. The number of thioether (sulfide) groups is 1. The number of carbonyl (C=O) groups is 1. The van der Waals surface area contributed by atoms with Gasteiger partial charge in [0, 0.05) is 29.6 Å². The molecule has 0 aliphatic carbocycles. The first kappa shape index (κ1) is 31.6. The van der Waals surface area contributed by atoms with Gasteiger partial charge in [-0.3, -0.25) is 0 Å². The number of amides is 2. The van der Waals surface area contributed by atoms with Crippen LogP contribution in [0.25, 0.3) is 17.1 Å². The molecule has 1 aromatic heterocycles. The van der Waals surface area contributed by atoms with Crippen molar-refractivity contribution in [1.29, 1.82) is 5.26 Å². The highest BCUT2D eigenvalue weighted by molar-refractivity contribution is 8.14. The third kappa shape index (κ3) is 7.82. The van der Waals surface area contributed by atoms with E-state index in [0.717, 1.165) is 24.3 Å².